The molecule has 0 heterocycles. The number of hydrogen-bond donors (Lipinski definition) is 2. The zero-order chi connectivity index (χ0) is 5.33. The minimum Gasteiger partial charge on any atom is -0.330 e. The van der Waals surface area contributed by atoms with Gasteiger partial charge < -0.3 is 11.5 Å². The summed E-state index contributed by atoms with van der Waals surface area (Å²) in [6, 6.07) is 0. The monoisotopic (exact) mass is 116 g/mol. The van der Waals surface area contributed by atoms with Gasteiger partial charge in [0.25, 0.3) is 0 Å². The highest BCUT2D eigenvalue weighted by atomic mass is 14.7. The van der Waals surface area contributed by atoms with Gasteiger partial charge >= 0.3 is 0 Å². The van der Waals surface area contributed by atoms with E-state index in [0.29, 0.717) is 5.41 Å². The summed E-state index contributed by atoms with van der Waals surface area (Å²) < 4.78 is 0. The highest BCUT2D eigenvalue weighted by Gasteiger charge is 2.39. The first kappa shape index (κ1) is 7.92. The second-order valence-corrected chi connectivity index (χ2v) is 2.41. The zero-order valence-electron chi connectivity index (χ0n) is 4.48. The van der Waals surface area contributed by atoms with Crippen molar-refractivity contribution < 1.29 is 0 Å². The first-order chi connectivity index (χ1) is 3.33. The van der Waals surface area contributed by atoms with E-state index in [1.807, 2.05) is 0 Å². The van der Waals surface area contributed by atoms with Crippen LogP contribution in [0.2, 0.25) is 0 Å². The molecule has 0 aromatic heterocycles. The molecule has 0 radical (unpaired) electrons. The Kier molecular flexibility index (Phi) is 2.44. The van der Waals surface area contributed by atoms with Gasteiger partial charge in [-0.3, -0.25) is 0 Å². The van der Waals surface area contributed by atoms with Crippen LogP contribution in [0, 0.1) is 5.41 Å². The summed E-state index contributed by atoms with van der Waals surface area (Å²) in [6.07, 6.45) is 2.50. The standard InChI is InChI=1S/C5H12N2.CH4/c6-3-5(4-7)1-2-5;/h1-4,6-7H2;1H4. The van der Waals surface area contributed by atoms with Gasteiger partial charge in [-0.1, -0.05) is 7.43 Å². The van der Waals surface area contributed by atoms with Crippen molar-refractivity contribution in [3.05, 3.63) is 0 Å². The molecule has 0 spiro atoms. The van der Waals surface area contributed by atoms with Crippen LogP contribution in [-0.2, 0) is 0 Å². The molecule has 0 unspecified atom stereocenters. The van der Waals surface area contributed by atoms with E-state index in [0.717, 1.165) is 13.1 Å². The Morgan fingerprint density at radius 3 is 1.50 bits per heavy atom. The molecule has 4 N–H and O–H groups in total. The van der Waals surface area contributed by atoms with Gasteiger partial charge in [0.2, 0.25) is 0 Å². The van der Waals surface area contributed by atoms with Crippen molar-refractivity contribution in [3.8, 4) is 0 Å². The second kappa shape index (κ2) is 2.46. The fourth-order valence-electron chi connectivity index (χ4n) is 0.668. The van der Waals surface area contributed by atoms with Crippen molar-refractivity contribution in [1.29, 1.82) is 0 Å². The van der Waals surface area contributed by atoms with Crippen molar-refractivity contribution >= 4 is 0 Å². The fraction of sp³-hybridized carbons (Fsp3) is 1.00. The summed E-state index contributed by atoms with van der Waals surface area (Å²) in [6.45, 7) is 1.56. The maximum atomic E-state index is 5.40. The summed E-state index contributed by atoms with van der Waals surface area (Å²) in [5.74, 6) is 0. The summed E-state index contributed by atoms with van der Waals surface area (Å²) in [7, 11) is 0. The highest BCUT2D eigenvalue weighted by molar-refractivity contribution is 4.94. The molecule has 8 heavy (non-hydrogen) atoms. The molecule has 0 saturated heterocycles. The second-order valence-electron chi connectivity index (χ2n) is 2.41. The largest absolute Gasteiger partial charge is 0.330 e. The maximum absolute atomic E-state index is 5.40. The first-order valence-electron chi connectivity index (χ1n) is 2.73. The molecule has 0 bridgehead atoms. The molecule has 0 aliphatic heterocycles. The quantitative estimate of drug-likeness (QED) is 0.546. The lowest BCUT2D eigenvalue weighted by molar-refractivity contribution is 0.538. The molecule has 0 aromatic rings. The minimum absolute atomic E-state index is 0. The van der Waals surface area contributed by atoms with Gasteiger partial charge in [-0.25, -0.2) is 0 Å². The van der Waals surface area contributed by atoms with Gasteiger partial charge in [-0.15, -0.1) is 0 Å². The summed E-state index contributed by atoms with van der Waals surface area (Å²) >= 11 is 0. The Balaban J connectivity index is 0.000000490. The van der Waals surface area contributed by atoms with Crippen LogP contribution in [-0.4, -0.2) is 13.1 Å². The van der Waals surface area contributed by atoms with Crippen molar-refractivity contribution in [2.24, 2.45) is 16.9 Å². The Morgan fingerprint density at radius 2 is 1.50 bits per heavy atom. The molecule has 0 amide bonds. The van der Waals surface area contributed by atoms with Gasteiger partial charge in [-0.05, 0) is 31.3 Å². The van der Waals surface area contributed by atoms with Crippen LogP contribution in [0.25, 0.3) is 0 Å². The first-order valence-corrected chi connectivity index (χ1v) is 2.73. The van der Waals surface area contributed by atoms with Crippen LogP contribution in [0.4, 0.5) is 0 Å². The molecule has 0 atom stereocenters. The average molecular weight is 116 g/mol. The van der Waals surface area contributed by atoms with Crippen molar-refractivity contribution in [1.82, 2.24) is 0 Å². The molecule has 0 aromatic carbocycles. The van der Waals surface area contributed by atoms with E-state index in [9.17, 15) is 0 Å². The normalized spacial score (nSPS) is 21.8. The highest BCUT2D eigenvalue weighted by Crippen LogP contribution is 2.42. The third-order valence-corrected chi connectivity index (χ3v) is 1.82. The minimum atomic E-state index is 0. The third kappa shape index (κ3) is 1.20. The molecule has 2 heteroatoms. The summed E-state index contributed by atoms with van der Waals surface area (Å²) in [5.41, 5.74) is 11.2. The predicted molar refractivity (Wildman–Crippen MR) is 36.5 cm³/mol. The fourth-order valence-corrected chi connectivity index (χ4v) is 0.668. The van der Waals surface area contributed by atoms with E-state index in [1.54, 1.807) is 0 Å². The Morgan fingerprint density at radius 1 is 1.12 bits per heavy atom. The molecule has 1 aliphatic carbocycles. The van der Waals surface area contributed by atoms with E-state index < -0.39 is 0 Å². The van der Waals surface area contributed by atoms with E-state index >= 15 is 0 Å². The van der Waals surface area contributed by atoms with Crippen LogP contribution >= 0.6 is 0 Å². The van der Waals surface area contributed by atoms with Crippen molar-refractivity contribution in [3.63, 3.8) is 0 Å². The van der Waals surface area contributed by atoms with Gasteiger partial charge in [0.1, 0.15) is 0 Å². The predicted octanol–water partition coefficient (Wildman–Crippen LogP) is 0.320. The lowest BCUT2D eigenvalue weighted by Crippen LogP contribution is -2.24. The maximum Gasteiger partial charge on any atom is -0.000843 e. The smallest absolute Gasteiger partial charge is 0.000843 e. The Bertz CT molecular complexity index is 60.9. The topological polar surface area (TPSA) is 52.0 Å². The Labute approximate surface area is 51.2 Å². The molecule has 1 saturated carbocycles. The van der Waals surface area contributed by atoms with E-state index in [2.05, 4.69) is 0 Å². The molecular formula is C6H16N2. The molecule has 1 aliphatic rings. The van der Waals surface area contributed by atoms with Crippen LogP contribution in [0.15, 0.2) is 0 Å². The molecule has 50 valence electrons. The molecular weight excluding hydrogens is 100 g/mol. The van der Waals surface area contributed by atoms with Gasteiger partial charge in [0, 0.05) is 0 Å². The third-order valence-electron chi connectivity index (χ3n) is 1.82. The van der Waals surface area contributed by atoms with Gasteiger partial charge in [0.05, 0.1) is 0 Å². The van der Waals surface area contributed by atoms with E-state index in [1.165, 1.54) is 12.8 Å². The molecule has 2 nitrogen and oxygen atoms in total. The summed E-state index contributed by atoms with van der Waals surface area (Å²) in [5, 5.41) is 0. The lowest BCUT2D eigenvalue weighted by Gasteiger charge is -2.04. The van der Waals surface area contributed by atoms with Crippen LogP contribution in [0.5, 0.6) is 0 Å². The van der Waals surface area contributed by atoms with Crippen molar-refractivity contribution in [2.75, 3.05) is 13.1 Å². The van der Waals surface area contributed by atoms with Crippen LogP contribution in [0.1, 0.15) is 20.3 Å². The molecule has 1 rings (SSSR count). The average Bonchev–Trinajstić information content (AvgIpc) is 2.46. The van der Waals surface area contributed by atoms with Gasteiger partial charge in [-0.2, -0.15) is 0 Å². The van der Waals surface area contributed by atoms with Gasteiger partial charge in [0.15, 0.2) is 0 Å². The number of hydrogen-bond acceptors (Lipinski definition) is 2. The number of nitrogens with two attached hydrogens (primary N) is 2. The van der Waals surface area contributed by atoms with Crippen LogP contribution in [0.3, 0.4) is 0 Å². The summed E-state index contributed by atoms with van der Waals surface area (Å²) in [4.78, 5) is 0. The zero-order valence-corrected chi connectivity index (χ0v) is 4.48. The van der Waals surface area contributed by atoms with Crippen molar-refractivity contribution in [2.45, 2.75) is 20.3 Å². The lowest BCUT2D eigenvalue weighted by atomic mass is 10.1. The van der Waals surface area contributed by atoms with E-state index in [4.69, 9.17) is 11.5 Å². The SMILES string of the molecule is C.NCC1(CN)CC1. The number of rotatable bonds is 2. The molecule has 1 fully saturated rings. The van der Waals surface area contributed by atoms with Crippen LogP contribution < -0.4 is 11.5 Å². The Hall–Kier alpha value is -0.0800. The van der Waals surface area contributed by atoms with E-state index in [-0.39, 0.29) is 7.43 Å².